The molecule has 0 aliphatic rings. The van der Waals surface area contributed by atoms with Crippen molar-refractivity contribution in [2.24, 2.45) is 5.84 Å². The van der Waals surface area contributed by atoms with Gasteiger partial charge in [0.05, 0.1) is 12.5 Å². The van der Waals surface area contributed by atoms with Crippen LogP contribution in [0.25, 0.3) is 0 Å². The molecule has 0 saturated heterocycles. The van der Waals surface area contributed by atoms with Crippen LogP contribution < -0.4 is 11.3 Å². The molecule has 0 radical (unpaired) electrons. The molecule has 1 aromatic rings. The summed E-state index contributed by atoms with van der Waals surface area (Å²) in [5, 5.41) is 8.64. The van der Waals surface area contributed by atoms with Crippen LogP contribution in [0.3, 0.4) is 0 Å². The van der Waals surface area contributed by atoms with Crippen molar-refractivity contribution in [3.05, 3.63) is 23.4 Å². The molecule has 0 spiro atoms. The number of hydrazine groups is 1. The van der Waals surface area contributed by atoms with Gasteiger partial charge < -0.3 is 10.3 Å². The maximum atomic E-state index is 12.4. The van der Waals surface area contributed by atoms with Gasteiger partial charge in [0.25, 0.3) is 5.91 Å². The fourth-order valence-electron chi connectivity index (χ4n) is 1.82. The second kappa shape index (κ2) is 7.46. The molecule has 0 atom stereocenters. The van der Waals surface area contributed by atoms with Gasteiger partial charge in [-0.1, -0.05) is 13.8 Å². The maximum absolute atomic E-state index is 12.4. The zero-order valence-corrected chi connectivity index (χ0v) is 12.2. The number of hydrogen-bond acceptors (Lipinski definition) is 5. The van der Waals surface area contributed by atoms with Crippen LogP contribution in [-0.2, 0) is 0 Å². The maximum Gasteiger partial charge on any atom is 0.254 e. The first-order chi connectivity index (χ1) is 9.53. The predicted octanol–water partition coefficient (Wildman–Crippen LogP) is 1.87. The zero-order chi connectivity index (χ0) is 15.1. The lowest BCUT2D eigenvalue weighted by atomic mass is 10.1. The molecule has 3 N–H and O–H groups in total. The van der Waals surface area contributed by atoms with Crippen molar-refractivity contribution < 1.29 is 4.79 Å². The van der Waals surface area contributed by atoms with Gasteiger partial charge in [0.1, 0.15) is 5.82 Å². The Morgan fingerprint density at radius 1 is 1.55 bits per heavy atom. The molecule has 1 amide bonds. The van der Waals surface area contributed by atoms with E-state index >= 15 is 0 Å². The van der Waals surface area contributed by atoms with Crippen LogP contribution in [0.15, 0.2) is 12.1 Å². The summed E-state index contributed by atoms with van der Waals surface area (Å²) in [5.74, 6) is 5.96. The van der Waals surface area contributed by atoms with Crippen molar-refractivity contribution in [1.29, 1.82) is 5.26 Å². The summed E-state index contributed by atoms with van der Waals surface area (Å²) < 4.78 is 0. The molecule has 6 heteroatoms. The monoisotopic (exact) mass is 275 g/mol. The Morgan fingerprint density at radius 3 is 2.75 bits per heavy atom. The van der Waals surface area contributed by atoms with E-state index in [9.17, 15) is 4.79 Å². The highest BCUT2D eigenvalue weighted by atomic mass is 16.2. The van der Waals surface area contributed by atoms with Crippen LogP contribution in [0.5, 0.6) is 0 Å². The first-order valence-corrected chi connectivity index (χ1v) is 6.68. The van der Waals surface area contributed by atoms with E-state index in [1.54, 1.807) is 17.0 Å². The third-order valence-electron chi connectivity index (χ3n) is 2.99. The summed E-state index contributed by atoms with van der Waals surface area (Å²) in [4.78, 5) is 18.4. The average Bonchev–Trinajstić information content (AvgIpc) is 2.47. The van der Waals surface area contributed by atoms with E-state index in [0.29, 0.717) is 30.9 Å². The minimum atomic E-state index is -0.108. The Balaban J connectivity index is 3.07. The van der Waals surface area contributed by atoms with E-state index in [2.05, 4.69) is 16.5 Å². The molecular formula is C14H21N5O. The van der Waals surface area contributed by atoms with Crippen LogP contribution >= 0.6 is 0 Å². The van der Waals surface area contributed by atoms with Crippen LogP contribution in [0, 0.1) is 11.3 Å². The topological polar surface area (TPSA) is 95.0 Å². The molecule has 108 valence electrons. The molecule has 1 rings (SSSR count). The fraction of sp³-hybridized carbons (Fsp3) is 0.500. The Bertz CT molecular complexity index is 507. The average molecular weight is 275 g/mol. The highest BCUT2D eigenvalue weighted by molar-refractivity contribution is 5.95. The Kier molecular flexibility index (Phi) is 5.94. The second-order valence-corrected chi connectivity index (χ2v) is 4.76. The zero-order valence-electron chi connectivity index (χ0n) is 12.2. The molecule has 0 aromatic carbocycles. The molecule has 0 unspecified atom stereocenters. The Morgan fingerprint density at radius 2 is 2.25 bits per heavy atom. The quantitative estimate of drug-likeness (QED) is 0.610. The number of aromatic nitrogens is 1. The van der Waals surface area contributed by atoms with Gasteiger partial charge in [-0.25, -0.2) is 10.8 Å². The van der Waals surface area contributed by atoms with Crippen LogP contribution in [0.2, 0.25) is 0 Å². The molecule has 1 aromatic heterocycles. The summed E-state index contributed by atoms with van der Waals surface area (Å²) in [7, 11) is 0. The molecule has 0 saturated carbocycles. The Hall–Kier alpha value is -2.13. The van der Waals surface area contributed by atoms with Gasteiger partial charge in [0, 0.05) is 24.3 Å². The highest BCUT2D eigenvalue weighted by Crippen LogP contribution is 2.18. The number of carbonyl (C=O) groups excluding carboxylic acids is 1. The number of nitrogens with one attached hydrogen (secondary N) is 1. The molecule has 0 bridgehead atoms. The summed E-state index contributed by atoms with van der Waals surface area (Å²) >= 11 is 0. The molecule has 1 heterocycles. The number of nitrogens with two attached hydrogens (primary N) is 1. The Labute approximate surface area is 119 Å². The molecule has 20 heavy (non-hydrogen) atoms. The number of amides is 1. The summed E-state index contributed by atoms with van der Waals surface area (Å²) in [6, 6.07) is 5.46. The summed E-state index contributed by atoms with van der Waals surface area (Å²) in [5.41, 5.74) is 3.83. The van der Waals surface area contributed by atoms with Gasteiger partial charge in [-0.15, -0.1) is 0 Å². The predicted molar refractivity (Wildman–Crippen MR) is 77.9 cm³/mol. The first kappa shape index (κ1) is 15.9. The second-order valence-electron chi connectivity index (χ2n) is 4.76. The fourth-order valence-corrected chi connectivity index (χ4v) is 1.82. The number of nitrogen functional groups attached to an aromatic ring is 1. The lowest BCUT2D eigenvalue weighted by Crippen LogP contribution is -2.32. The number of hydrogen-bond donors (Lipinski definition) is 2. The van der Waals surface area contributed by atoms with Crippen molar-refractivity contribution in [1.82, 2.24) is 9.88 Å². The van der Waals surface area contributed by atoms with Gasteiger partial charge >= 0.3 is 0 Å². The molecular weight excluding hydrogens is 254 g/mol. The third-order valence-corrected chi connectivity index (χ3v) is 2.99. The van der Waals surface area contributed by atoms with Crippen molar-refractivity contribution in [2.45, 2.75) is 33.1 Å². The van der Waals surface area contributed by atoms with E-state index in [1.165, 1.54) is 0 Å². The van der Waals surface area contributed by atoms with E-state index < -0.39 is 0 Å². The van der Waals surface area contributed by atoms with Crippen molar-refractivity contribution >= 4 is 11.7 Å². The first-order valence-electron chi connectivity index (χ1n) is 6.68. The lowest BCUT2D eigenvalue weighted by molar-refractivity contribution is 0.0767. The van der Waals surface area contributed by atoms with Gasteiger partial charge in [0.15, 0.2) is 0 Å². The SMILES string of the molecule is CCN(CCC#N)C(=O)c1cc(NN)nc(C(C)C)c1. The van der Waals surface area contributed by atoms with Crippen molar-refractivity contribution in [2.75, 3.05) is 18.5 Å². The number of anilines is 1. The number of rotatable bonds is 6. The highest BCUT2D eigenvalue weighted by Gasteiger charge is 2.16. The minimum absolute atomic E-state index is 0.108. The van der Waals surface area contributed by atoms with Gasteiger partial charge in [0.2, 0.25) is 0 Å². The molecule has 0 aliphatic heterocycles. The van der Waals surface area contributed by atoms with Crippen LogP contribution in [0.4, 0.5) is 5.82 Å². The van der Waals surface area contributed by atoms with Gasteiger partial charge in [-0.3, -0.25) is 4.79 Å². The number of carbonyl (C=O) groups is 1. The van der Waals surface area contributed by atoms with E-state index in [1.807, 2.05) is 20.8 Å². The number of nitrogens with zero attached hydrogens (tertiary/aromatic N) is 3. The van der Waals surface area contributed by atoms with Gasteiger partial charge in [-0.05, 0) is 25.0 Å². The van der Waals surface area contributed by atoms with Crippen molar-refractivity contribution in [3.8, 4) is 6.07 Å². The third kappa shape index (κ3) is 3.93. The van der Waals surface area contributed by atoms with E-state index in [4.69, 9.17) is 11.1 Å². The van der Waals surface area contributed by atoms with Crippen LogP contribution in [-0.4, -0.2) is 28.9 Å². The molecule has 0 fully saturated rings. The number of nitriles is 1. The van der Waals surface area contributed by atoms with Crippen molar-refractivity contribution in [3.63, 3.8) is 0 Å². The number of pyridine rings is 1. The lowest BCUT2D eigenvalue weighted by Gasteiger charge is -2.20. The normalized spacial score (nSPS) is 10.2. The van der Waals surface area contributed by atoms with E-state index in [-0.39, 0.29) is 11.8 Å². The van der Waals surface area contributed by atoms with E-state index in [0.717, 1.165) is 5.69 Å². The summed E-state index contributed by atoms with van der Waals surface area (Å²) in [6.45, 7) is 6.89. The summed E-state index contributed by atoms with van der Waals surface area (Å²) in [6.07, 6.45) is 0.323. The van der Waals surface area contributed by atoms with Gasteiger partial charge in [-0.2, -0.15) is 5.26 Å². The largest absolute Gasteiger partial charge is 0.338 e. The molecule has 0 aliphatic carbocycles. The smallest absolute Gasteiger partial charge is 0.254 e. The minimum Gasteiger partial charge on any atom is -0.338 e. The van der Waals surface area contributed by atoms with Crippen LogP contribution in [0.1, 0.15) is 49.2 Å². The molecule has 6 nitrogen and oxygen atoms in total. The standard InChI is InChI=1S/C14H21N5O/c1-4-19(7-5-6-15)14(20)11-8-12(10(2)3)17-13(9-11)18-16/h8-10H,4-5,7,16H2,1-3H3,(H,17,18).